The summed E-state index contributed by atoms with van der Waals surface area (Å²) >= 11 is 0. The highest BCUT2D eigenvalue weighted by molar-refractivity contribution is 5.93. The van der Waals surface area contributed by atoms with Crippen LogP contribution in [-0.2, 0) is 24.1 Å². The normalized spacial score (nSPS) is 17.6. The average molecular weight is 397 g/mol. The van der Waals surface area contributed by atoms with Crippen LogP contribution in [0.3, 0.4) is 0 Å². The molecule has 154 valence electrons. The number of esters is 1. The average Bonchev–Trinajstić information content (AvgIpc) is 2.75. The lowest BCUT2D eigenvalue weighted by atomic mass is 9.83. The third-order valence-electron chi connectivity index (χ3n) is 5.94. The molecule has 4 rings (SSSR count). The van der Waals surface area contributed by atoms with Gasteiger partial charge in [-0.15, -0.1) is 0 Å². The first-order valence-corrected chi connectivity index (χ1v) is 9.95. The topological polar surface area (TPSA) is 57.2 Å². The van der Waals surface area contributed by atoms with Gasteiger partial charge >= 0.3 is 5.97 Å². The summed E-state index contributed by atoms with van der Waals surface area (Å²) < 4.78 is 21.9. The molecule has 2 aliphatic heterocycles. The Labute approximate surface area is 171 Å². The Bertz CT molecular complexity index is 939. The van der Waals surface area contributed by atoms with Gasteiger partial charge in [0.15, 0.2) is 11.5 Å². The van der Waals surface area contributed by atoms with Crippen molar-refractivity contribution in [2.75, 3.05) is 34.5 Å². The van der Waals surface area contributed by atoms with Crippen molar-refractivity contribution in [2.24, 2.45) is 0 Å². The second kappa shape index (κ2) is 7.95. The van der Waals surface area contributed by atoms with E-state index in [-0.39, 0.29) is 12.0 Å². The molecular weight excluding hydrogens is 370 g/mol. The lowest BCUT2D eigenvalue weighted by Crippen LogP contribution is -2.39. The number of nitrogens with zero attached hydrogens (tertiary/aromatic N) is 1. The van der Waals surface area contributed by atoms with Crippen LogP contribution in [0.25, 0.3) is 0 Å². The van der Waals surface area contributed by atoms with Gasteiger partial charge in [0.25, 0.3) is 0 Å². The zero-order valence-electron chi connectivity index (χ0n) is 17.4. The van der Waals surface area contributed by atoms with E-state index in [0.717, 1.165) is 37.4 Å². The van der Waals surface area contributed by atoms with Gasteiger partial charge in [-0.2, -0.15) is 0 Å². The summed E-state index contributed by atoms with van der Waals surface area (Å²) in [5, 5.41) is 0. The van der Waals surface area contributed by atoms with Gasteiger partial charge in [-0.1, -0.05) is 6.07 Å². The van der Waals surface area contributed by atoms with Crippen LogP contribution in [0.2, 0.25) is 0 Å². The van der Waals surface area contributed by atoms with E-state index < -0.39 is 0 Å². The Morgan fingerprint density at radius 1 is 1.07 bits per heavy atom. The zero-order chi connectivity index (χ0) is 20.5. The smallest absolute Gasteiger partial charge is 0.341 e. The summed E-state index contributed by atoms with van der Waals surface area (Å²) in [5.74, 6) is 1.82. The largest absolute Gasteiger partial charge is 0.496 e. The summed E-state index contributed by atoms with van der Waals surface area (Å²) in [7, 11) is 4.95. The summed E-state index contributed by atoms with van der Waals surface area (Å²) in [6.45, 7) is 3.88. The van der Waals surface area contributed by atoms with Gasteiger partial charge in [-0.3, -0.25) is 4.90 Å². The van der Waals surface area contributed by atoms with Gasteiger partial charge < -0.3 is 18.9 Å². The molecule has 2 heterocycles. The van der Waals surface area contributed by atoms with E-state index >= 15 is 0 Å². The maximum Gasteiger partial charge on any atom is 0.341 e. The third kappa shape index (κ3) is 3.31. The molecule has 0 fully saturated rings. The first kappa shape index (κ1) is 19.6. The van der Waals surface area contributed by atoms with Crippen molar-refractivity contribution in [2.45, 2.75) is 32.4 Å². The van der Waals surface area contributed by atoms with Gasteiger partial charge in [-0.05, 0) is 54.7 Å². The number of ether oxygens (including phenoxy) is 4. The van der Waals surface area contributed by atoms with Crippen LogP contribution in [0.1, 0.15) is 45.6 Å². The number of rotatable bonds is 5. The van der Waals surface area contributed by atoms with Crippen LogP contribution in [0.5, 0.6) is 17.2 Å². The molecule has 29 heavy (non-hydrogen) atoms. The fourth-order valence-electron chi connectivity index (χ4n) is 4.56. The van der Waals surface area contributed by atoms with Gasteiger partial charge in [0.2, 0.25) is 0 Å². The molecule has 1 atom stereocenters. The molecule has 0 amide bonds. The van der Waals surface area contributed by atoms with E-state index in [0.29, 0.717) is 17.9 Å². The highest BCUT2D eigenvalue weighted by Gasteiger charge is 2.35. The molecule has 2 aromatic carbocycles. The second-order valence-corrected chi connectivity index (χ2v) is 7.35. The predicted octanol–water partition coefficient (Wildman–Crippen LogP) is 3.54. The Kier molecular flexibility index (Phi) is 5.37. The van der Waals surface area contributed by atoms with Gasteiger partial charge in [0.1, 0.15) is 11.3 Å². The molecule has 0 aliphatic carbocycles. The summed E-state index contributed by atoms with van der Waals surface area (Å²) in [4.78, 5) is 14.9. The third-order valence-corrected chi connectivity index (χ3v) is 5.94. The number of methoxy groups -OCH3 is 3. The Morgan fingerprint density at radius 2 is 1.86 bits per heavy atom. The molecule has 6 nitrogen and oxygen atoms in total. The van der Waals surface area contributed by atoms with Gasteiger partial charge in [0, 0.05) is 24.7 Å². The quantitative estimate of drug-likeness (QED) is 0.720. The van der Waals surface area contributed by atoms with Crippen LogP contribution in [0, 0.1) is 0 Å². The van der Waals surface area contributed by atoms with Crippen molar-refractivity contribution >= 4 is 5.97 Å². The highest BCUT2D eigenvalue weighted by Crippen LogP contribution is 2.44. The minimum absolute atomic E-state index is 0.212. The van der Waals surface area contributed by atoms with Crippen molar-refractivity contribution in [3.63, 3.8) is 0 Å². The lowest BCUT2D eigenvalue weighted by Gasteiger charge is -2.42. The number of carbonyl (C=O) groups is 1. The van der Waals surface area contributed by atoms with Crippen LogP contribution in [0.4, 0.5) is 0 Å². The van der Waals surface area contributed by atoms with Gasteiger partial charge in [-0.25, -0.2) is 4.79 Å². The van der Waals surface area contributed by atoms with Crippen molar-refractivity contribution in [1.82, 2.24) is 4.90 Å². The maximum absolute atomic E-state index is 12.5. The first-order valence-electron chi connectivity index (χ1n) is 9.95. The van der Waals surface area contributed by atoms with Crippen LogP contribution in [0.15, 0.2) is 24.3 Å². The molecule has 0 spiro atoms. The zero-order valence-corrected chi connectivity index (χ0v) is 17.4. The number of benzene rings is 2. The predicted molar refractivity (Wildman–Crippen MR) is 109 cm³/mol. The van der Waals surface area contributed by atoms with E-state index in [9.17, 15) is 4.79 Å². The number of carbonyl (C=O) groups excluding carboxylic acids is 1. The molecule has 1 unspecified atom stereocenters. The number of hydrogen-bond donors (Lipinski definition) is 0. The standard InChI is InChI=1S/C23H27NO5/c1-5-29-23(25)17-12-16-15(11-21(17)27-3)8-9-24-13-18-14(10-19(16)24)6-7-20(26-2)22(18)28-4/h6-7,11-12,19H,5,8-10,13H2,1-4H3. The van der Waals surface area contributed by atoms with E-state index in [4.69, 9.17) is 18.9 Å². The van der Waals surface area contributed by atoms with Gasteiger partial charge in [0.05, 0.1) is 27.9 Å². The molecule has 0 saturated heterocycles. The van der Waals surface area contributed by atoms with E-state index in [1.165, 1.54) is 22.3 Å². The van der Waals surface area contributed by atoms with Crippen molar-refractivity contribution in [1.29, 1.82) is 0 Å². The van der Waals surface area contributed by atoms with E-state index in [1.54, 1.807) is 21.3 Å². The molecule has 2 aliphatic rings. The minimum atomic E-state index is -0.341. The number of fused-ring (bicyclic) bond motifs is 4. The van der Waals surface area contributed by atoms with Crippen molar-refractivity contribution in [3.05, 3.63) is 52.1 Å². The van der Waals surface area contributed by atoms with Crippen LogP contribution in [-0.4, -0.2) is 45.4 Å². The maximum atomic E-state index is 12.5. The summed E-state index contributed by atoms with van der Waals surface area (Å²) in [6, 6.07) is 8.27. The Balaban J connectivity index is 1.76. The monoisotopic (exact) mass is 397 g/mol. The molecule has 0 saturated carbocycles. The van der Waals surface area contributed by atoms with Crippen molar-refractivity contribution in [3.8, 4) is 17.2 Å². The Morgan fingerprint density at radius 3 is 2.55 bits per heavy atom. The molecular formula is C23H27NO5. The fraction of sp³-hybridized carbons (Fsp3) is 0.435. The molecule has 2 aromatic rings. The van der Waals surface area contributed by atoms with Crippen LogP contribution >= 0.6 is 0 Å². The van der Waals surface area contributed by atoms with E-state index in [2.05, 4.69) is 11.0 Å². The highest BCUT2D eigenvalue weighted by atomic mass is 16.5. The molecule has 0 radical (unpaired) electrons. The van der Waals surface area contributed by atoms with E-state index in [1.807, 2.05) is 25.1 Å². The molecule has 0 aromatic heterocycles. The SMILES string of the molecule is CCOC(=O)c1cc2c(cc1OC)CCN1Cc3c(ccc(OC)c3OC)CC21. The first-order chi connectivity index (χ1) is 14.1. The molecule has 0 bridgehead atoms. The summed E-state index contributed by atoms with van der Waals surface area (Å²) in [5.41, 5.74) is 5.35. The lowest BCUT2D eigenvalue weighted by molar-refractivity contribution is 0.0522. The Hall–Kier alpha value is -2.73. The van der Waals surface area contributed by atoms with Crippen LogP contribution < -0.4 is 14.2 Å². The second-order valence-electron chi connectivity index (χ2n) is 7.35. The molecule has 0 N–H and O–H groups in total. The fourth-order valence-corrected chi connectivity index (χ4v) is 4.56. The minimum Gasteiger partial charge on any atom is -0.496 e. The number of hydrogen-bond acceptors (Lipinski definition) is 6. The summed E-state index contributed by atoms with van der Waals surface area (Å²) in [6.07, 6.45) is 1.77. The van der Waals surface area contributed by atoms with Crippen molar-refractivity contribution < 1.29 is 23.7 Å². The molecule has 6 heteroatoms.